The zero-order valence-electron chi connectivity index (χ0n) is 11.6. The van der Waals surface area contributed by atoms with Crippen LogP contribution in [0.3, 0.4) is 0 Å². The number of thioether (sulfide) groups is 1. The second-order valence-corrected chi connectivity index (χ2v) is 7.74. The molecule has 0 atom stereocenters. The molecule has 1 aromatic heterocycles. The molecular formula is C12H13N3O4S3. The number of benzene rings is 1. The Labute approximate surface area is 135 Å². The second kappa shape index (κ2) is 7.18. The summed E-state index contributed by atoms with van der Waals surface area (Å²) in [5.74, 6) is -0.214. The Morgan fingerprint density at radius 3 is 2.77 bits per heavy atom. The lowest BCUT2D eigenvalue weighted by molar-refractivity contribution is -0.139. The number of primary sulfonamides is 1. The van der Waals surface area contributed by atoms with Crippen LogP contribution in [0.1, 0.15) is 6.92 Å². The first-order valence-electron chi connectivity index (χ1n) is 6.16. The van der Waals surface area contributed by atoms with Crippen molar-refractivity contribution in [3.63, 3.8) is 0 Å². The second-order valence-electron chi connectivity index (χ2n) is 4.01. The van der Waals surface area contributed by atoms with Crippen LogP contribution in [-0.2, 0) is 19.6 Å². The van der Waals surface area contributed by atoms with E-state index in [0.29, 0.717) is 21.5 Å². The highest BCUT2D eigenvalue weighted by Crippen LogP contribution is 2.32. The van der Waals surface area contributed by atoms with Crippen LogP contribution >= 0.6 is 23.1 Å². The van der Waals surface area contributed by atoms with Crippen molar-refractivity contribution in [3.8, 4) is 10.6 Å². The average molecular weight is 359 g/mol. The molecule has 7 nitrogen and oxygen atoms in total. The molecule has 0 aliphatic rings. The molecule has 0 aliphatic carbocycles. The molecular weight excluding hydrogens is 346 g/mol. The quantitative estimate of drug-likeness (QED) is 0.614. The third kappa shape index (κ3) is 4.26. The van der Waals surface area contributed by atoms with Gasteiger partial charge in [0.05, 0.1) is 17.3 Å². The Morgan fingerprint density at radius 1 is 1.36 bits per heavy atom. The van der Waals surface area contributed by atoms with Crippen LogP contribution in [0.5, 0.6) is 0 Å². The number of nitrogens with zero attached hydrogens (tertiary/aromatic N) is 2. The van der Waals surface area contributed by atoms with Crippen molar-refractivity contribution in [3.05, 3.63) is 24.3 Å². The summed E-state index contributed by atoms with van der Waals surface area (Å²) < 4.78 is 28.5. The highest BCUT2D eigenvalue weighted by atomic mass is 32.2. The number of hydrogen-bond donors (Lipinski definition) is 1. The first kappa shape index (κ1) is 16.9. The van der Waals surface area contributed by atoms with E-state index in [9.17, 15) is 13.2 Å². The van der Waals surface area contributed by atoms with Crippen molar-refractivity contribution in [2.75, 3.05) is 12.4 Å². The summed E-state index contributed by atoms with van der Waals surface area (Å²) in [6, 6.07) is 6.30. The molecule has 0 spiro atoms. The number of sulfonamides is 1. The fourth-order valence-corrected chi connectivity index (χ4v) is 4.08. The number of carbonyl (C=O) groups excluding carboxylic acids is 1. The lowest BCUT2D eigenvalue weighted by Gasteiger charge is -2.03. The van der Waals surface area contributed by atoms with E-state index in [1.165, 1.54) is 29.2 Å². The van der Waals surface area contributed by atoms with Crippen LogP contribution in [-0.4, -0.2) is 36.9 Å². The van der Waals surface area contributed by atoms with Gasteiger partial charge in [0.15, 0.2) is 4.34 Å². The van der Waals surface area contributed by atoms with Gasteiger partial charge in [0.1, 0.15) is 5.01 Å². The smallest absolute Gasteiger partial charge is 0.316 e. The predicted octanol–water partition coefficient (Wildman–Crippen LogP) is 1.51. The van der Waals surface area contributed by atoms with Crippen LogP contribution in [0.25, 0.3) is 10.6 Å². The van der Waals surface area contributed by atoms with Crippen molar-refractivity contribution in [1.82, 2.24) is 10.2 Å². The summed E-state index contributed by atoms with van der Waals surface area (Å²) in [6.07, 6.45) is 0. The van der Waals surface area contributed by atoms with Crippen LogP contribution in [0.15, 0.2) is 33.5 Å². The molecule has 1 aromatic carbocycles. The van der Waals surface area contributed by atoms with Gasteiger partial charge >= 0.3 is 5.97 Å². The maximum absolute atomic E-state index is 11.6. The van der Waals surface area contributed by atoms with Crippen molar-refractivity contribution in [1.29, 1.82) is 0 Å². The Kier molecular flexibility index (Phi) is 5.51. The van der Waals surface area contributed by atoms with Gasteiger partial charge in [0.25, 0.3) is 0 Å². The van der Waals surface area contributed by atoms with E-state index in [2.05, 4.69) is 10.2 Å². The van der Waals surface area contributed by atoms with E-state index in [4.69, 9.17) is 9.88 Å². The largest absolute Gasteiger partial charge is 0.465 e. The minimum absolute atomic E-state index is 0.00640. The van der Waals surface area contributed by atoms with E-state index in [0.717, 1.165) is 0 Å². The molecule has 0 radical (unpaired) electrons. The van der Waals surface area contributed by atoms with Gasteiger partial charge in [-0.1, -0.05) is 41.3 Å². The number of rotatable bonds is 6. The summed E-state index contributed by atoms with van der Waals surface area (Å²) in [4.78, 5) is 11.3. The fourth-order valence-electron chi connectivity index (χ4n) is 1.59. The van der Waals surface area contributed by atoms with E-state index in [1.54, 1.807) is 25.1 Å². The summed E-state index contributed by atoms with van der Waals surface area (Å²) in [7, 11) is -3.85. The number of esters is 1. The van der Waals surface area contributed by atoms with Gasteiger partial charge in [0, 0.05) is 5.56 Å². The normalized spacial score (nSPS) is 11.4. The maximum atomic E-state index is 11.6. The van der Waals surface area contributed by atoms with Gasteiger partial charge in [-0.2, -0.15) is 0 Å². The van der Waals surface area contributed by atoms with E-state index in [1.807, 2.05) is 0 Å². The van der Waals surface area contributed by atoms with Crippen LogP contribution in [0.2, 0.25) is 0 Å². The first-order chi connectivity index (χ1) is 10.4. The molecule has 1 heterocycles. The molecule has 0 saturated carbocycles. The first-order valence-corrected chi connectivity index (χ1v) is 9.50. The van der Waals surface area contributed by atoms with Gasteiger partial charge in [-0.15, -0.1) is 10.2 Å². The number of aromatic nitrogens is 2. The standard InChI is InChI=1S/C12H13N3O4S3/c1-2-19-10(16)7-20-12-15-14-11(21-12)8-5-3-4-6-9(8)22(13,17)18/h3-6H,2,7H2,1H3,(H2,13,17,18). The molecule has 0 saturated heterocycles. The van der Waals surface area contributed by atoms with Gasteiger partial charge in [-0.05, 0) is 13.0 Å². The minimum Gasteiger partial charge on any atom is -0.465 e. The molecule has 0 amide bonds. The monoisotopic (exact) mass is 359 g/mol. The summed E-state index contributed by atoms with van der Waals surface area (Å²) >= 11 is 2.38. The molecule has 0 unspecified atom stereocenters. The zero-order valence-corrected chi connectivity index (χ0v) is 14.0. The van der Waals surface area contributed by atoms with Crippen molar-refractivity contribution >= 4 is 39.1 Å². The molecule has 10 heteroatoms. The highest BCUT2D eigenvalue weighted by Gasteiger charge is 2.18. The Bertz CT molecular complexity index is 773. The van der Waals surface area contributed by atoms with E-state index >= 15 is 0 Å². The third-order valence-corrected chi connectivity index (χ3v) is 5.48. The van der Waals surface area contributed by atoms with Crippen molar-refractivity contribution < 1.29 is 17.9 Å². The molecule has 2 N–H and O–H groups in total. The van der Waals surface area contributed by atoms with E-state index in [-0.39, 0.29) is 16.6 Å². The van der Waals surface area contributed by atoms with E-state index < -0.39 is 10.0 Å². The van der Waals surface area contributed by atoms with Gasteiger partial charge in [0.2, 0.25) is 10.0 Å². The van der Waals surface area contributed by atoms with Gasteiger partial charge in [-0.3, -0.25) is 4.79 Å². The number of nitrogens with two attached hydrogens (primary N) is 1. The lowest BCUT2D eigenvalue weighted by atomic mass is 10.2. The topological polar surface area (TPSA) is 112 Å². The number of hydrogen-bond acceptors (Lipinski definition) is 8. The van der Waals surface area contributed by atoms with Gasteiger partial charge in [-0.25, -0.2) is 13.6 Å². The molecule has 2 rings (SSSR count). The lowest BCUT2D eigenvalue weighted by Crippen LogP contribution is -2.13. The SMILES string of the molecule is CCOC(=O)CSc1nnc(-c2ccccc2S(N)(=O)=O)s1. The Balaban J connectivity index is 2.21. The van der Waals surface area contributed by atoms with Crippen molar-refractivity contribution in [2.24, 2.45) is 5.14 Å². The third-order valence-electron chi connectivity index (χ3n) is 2.45. The molecule has 118 valence electrons. The number of ether oxygens (including phenoxy) is 1. The highest BCUT2D eigenvalue weighted by molar-refractivity contribution is 8.01. The molecule has 22 heavy (non-hydrogen) atoms. The maximum Gasteiger partial charge on any atom is 0.316 e. The summed E-state index contributed by atoms with van der Waals surface area (Å²) in [6.45, 7) is 2.05. The average Bonchev–Trinajstić information content (AvgIpc) is 2.93. The van der Waals surface area contributed by atoms with Crippen LogP contribution in [0.4, 0.5) is 0 Å². The zero-order chi connectivity index (χ0) is 16.2. The molecule has 0 fully saturated rings. The molecule has 0 bridgehead atoms. The predicted molar refractivity (Wildman–Crippen MR) is 84.1 cm³/mol. The van der Waals surface area contributed by atoms with Crippen LogP contribution < -0.4 is 5.14 Å². The Hall–Kier alpha value is -1.49. The minimum atomic E-state index is -3.85. The summed E-state index contributed by atoms with van der Waals surface area (Å²) in [5, 5.41) is 13.5. The Morgan fingerprint density at radius 2 is 2.09 bits per heavy atom. The fraction of sp³-hybridized carbons (Fsp3) is 0.250. The molecule has 2 aromatic rings. The number of carbonyl (C=O) groups is 1. The van der Waals surface area contributed by atoms with Crippen molar-refractivity contribution in [2.45, 2.75) is 16.2 Å². The summed E-state index contributed by atoms with van der Waals surface area (Å²) in [5.41, 5.74) is 0.394. The van der Waals surface area contributed by atoms with Gasteiger partial charge < -0.3 is 4.74 Å². The molecule has 0 aliphatic heterocycles. The van der Waals surface area contributed by atoms with Crippen LogP contribution in [0, 0.1) is 0 Å².